The van der Waals surface area contributed by atoms with Crippen LogP contribution in [0, 0.1) is 6.92 Å². The Morgan fingerprint density at radius 3 is 2.65 bits per heavy atom. The summed E-state index contributed by atoms with van der Waals surface area (Å²) < 4.78 is 5.55. The van der Waals surface area contributed by atoms with Gasteiger partial charge in [-0.3, -0.25) is 9.78 Å². The molecule has 104 valence electrons. The molecule has 0 spiro atoms. The Bertz CT molecular complexity index is 535. The summed E-state index contributed by atoms with van der Waals surface area (Å²) in [5.41, 5.74) is 1.95. The van der Waals surface area contributed by atoms with Crippen molar-refractivity contribution < 1.29 is 9.53 Å². The fourth-order valence-electron chi connectivity index (χ4n) is 1.87. The Balaban J connectivity index is 1.66. The van der Waals surface area contributed by atoms with Gasteiger partial charge in [0.2, 0.25) is 0 Å². The monoisotopic (exact) mass is 269 g/mol. The van der Waals surface area contributed by atoms with Gasteiger partial charge in [0.15, 0.2) is 0 Å². The number of Topliss-reactive ketones (excluding diaryl/α,β-unsaturated/α-hetero) is 1. The summed E-state index contributed by atoms with van der Waals surface area (Å²) in [5.74, 6) is 1.05. The highest BCUT2D eigenvalue weighted by atomic mass is 16.5. The zero-order valence-corrected chi connectivity index (χ0v) is 11.7. The molecule has 0 radical (unpaired) electrons. The van der Waals surface area contributed by atoms with Gasteiger partial charge in [0.05, 0.1) is 6.61 Å². The van der Waals surface area contributed by atoms with E-state index >= 15 is 0 Å². The van der Waals surface area contributed by atoms with E-state index in [9.17, 15) is 4.79 Å². The number of pyridine rings is 1. The van der Waals surface area contributed by atoms with E-state index in [2.05, 4.69) is 4.98 Å². The van der Waals surface area contributed by atoms with Gasteiger partial charge in [0, 0.05) is 24.7 Å². The molecule has 0 aliphatic rings. The van der Waals surface area contributed by atoms with Crippen molar-refractivity contribution in [3.05, 3.63) is 59.9 Å². The third-order valence-electron chi connectivity index (χ3n) is 2.96. The number of carbonyl (C=O) groups excluding carboxylic acids is 1. The number of nitrogens with zero attached hydrogens (tertiary/aromatic N) is 1. The van der Waals surface area contributed by atoms with E-state index in [1.54, 1.807) is 6.20 Å². The summed E-state index contributed by atoms with van der Waals surface area (Å²) >= 11 is 0. The van der Waals surface area contributed by atoms with Crippen LogP contribution in [0.15, 0.2) is 48.7 Å². The Hall–Kier alpha value is -2.16. The number of ether oxygens (including phenoxy) is 1. The molecule has 0 bridgehead atoms. The van der Waals surface area contributed by atoms with Crippen LogP contribution < -0.4 is 4.74 Å². The maximum absolute atomic E-state index is 11.8. The zero-order chi connectivity index (χ0) is 14.2. The van der Waals surface area contributed by atoms with Gasteiger partial charge in [-0.1, -0.05) is 24.3 Å². The SMILES string of the molecule is Cc1ccc(CC(=O)CCCOc2ccccc2)nc1. The molecule has 20 heavy (non-hydrogen) atoms. The van der Waals surface area contributed by atoms with E-state index in [1.165, 1.54) is 0 Å². The number of aromatic nitrogens is 1. The largest absolute Gasteiger partial charge is 0.494 e. The summed E-state index contributed by atoms with van der Waals surface area (Å²) in [5, 5.41) is 0. The molecule has 1 aromatic carbocycles. The average molecular weight is 269 g/mol. The minimum atomic E-state index is 0.206. The van der Waals surface area contributed by atoms with Crippen molar-refractivity contribution in [1.29, 1.82) is 0 Å². The van der Waals surface area contributed by atoms with Crippen LogP contribution in [0.3, 0.4) is 0 Å². The van der Waals surface area contributed by atoms with Crippen LogP contribution in [-0.4, -0.2) is 17.4 Å². The van der Waals surface area contributed by atoms with Crippen LogP contribution in [-0.2, 0) is 11.2 Å². The molecule has 3 nitrogen and oxygen atoms in total. The summed E-state index contributed by atoms with van der Waals surface area (Å²) in [7, 11) is 0. The lowest BCUT2D eigenvalue weighted by molar-refractivity contribution is -0.118. The van der Waals surface area contributed by atoms with Gasteiger partial charge in [-0.25, -0.2) is 0 Å². The third-order valence-corrected chi connectivity index (χ3v) is 2.96. The Kier molecular flexibility index (Phi) is 5.30. The fourth-order valence-corrected chi connectivity index (χ4v) is 1.87. The molecule has 1 heterocycles. The lowest BCUT2D eigenvalue weighted by Crippen LogP contribution is -2.07. The van der Waals surface area contributed by atoms with E-state index in [4.69, 9.17) is 4.74 Å². The maximum atomic E-state index is 11.8. The van der Waals surface area contributed by atoms with Gasteiger partial charge in [-0.15, -0.1) is 0 Å². The number of carbonyl (C=O) groups is 1. The summed E-state index contributed by atoms with van der Waals surface area (Å²) in [6.45, 7) is 2.55. The van der Waals surface area contributed by atoms with Crippen molar-refractivity contribution in [2.24, 2.45) is 0 Å². The molecule has 0 saturated heterocycles. The molecule has 0 saturated carbocycles. The van der Waals surface area contributed by atoms with Gasteiger partial charge < -0.3 is 4.74 Å². The first kappa shape index (κ1) is 14.3. The van der Waals surface area contributed by atoms with Crippen molar-refractivity contribution >= 4 is 5.78 Å². The van der Waals surface area contributed by atoms with Crippen LogP contribution in [0.25, 0.3) is 0 Å². The summed E-state index contributed by atoms with van der Waals surface area (Å²) in [4.78, 5) is 16.1. The molecule has 0 aliphatic carbocycles. The van der Waals surface area contributed by atoms with Crippen molar-refractivity contribution in [3.63, 3.8) is 0 Å². The second-order valence-electron chi connectivity index (χ2n) is 4.81. The highest BCUT2D eigenvalue weighted by Gasteiger charge is 2.05. The third kappa shape index (κ3) is 4.84. The summed E-state index contributed by atoms with van der Waals surface area (Å²) in [6, 6.07) is 13.5. The van der Waals surface area contributed by atoms with Crippen molar-refractivity contribution in [1.82, 2.24) is 4.98 Å². The minimum absolute atomic E-state index is 0.206. The van der Waals surface area contributed by atoms with Crippen molar-refractivity contribution in [2.75, 3.05) is 6.61 Å². The average Bonchev–Trinajstić information content (AvgIpc) is 2.47. The molecule has 2 aromatic rings. The number of hydrogen-bond acceptors (Lipinski definition) is 3. The molecule has 0 amide bonds. The first-order valence-electron chi connectivity index (χ1n) is 6.85. The number of aryl methyl sites for hydroxylation is 1. The Labute approximate surface area is 119 Å². The van der Waals surface area contributed by atoms with Gasteiger partial charge >= 0.3 is 0 Å². The normalized spacial score (nSPS) is 10.2. The van der Waals surface area contributed by atoms with Crippen molar-refractivity contribution in [2.45, 2.75) is 26.2 Å². The van der Waals surface area contributed by atoms with Crippen LogP contribution in [0.4, 0.5) is 0 Å². The molecular weight excluding hydrogens is 250 g/mol. The van der Waals surface area contributed by atoms with Crippen LogP contribution in [0.1, 0.15) is 24.1 Å². The molecule has 0 unspecified atom stereocenters. The predicted octanol–water partition coefficient (Wildman–Crippen LogP) is 3.36. The van der Waals surface area contributed by atoms with E-state index < -0.39 is 0 Å². The molecule has 0 fully saturated rings. The number of hydrogen-bond donors (Lipinski definition) is 0. The van der Waals surface area contributed by atoms with Gasteiger partial charge in [-0.05, 0) is 37.1 Å². The molecule has 0 aliphatic heterocycles. The van der Waals surface area contributed by atoms with E-state index in [-0.39, 0.29) is 5.78 Å². The van der Waals surface area contributed by atoms with Gasteiger partial charge in [0.1, 0.15) is 11.5 Å². The van der Waals surface area contributed by atoms with Gasteiger partial charge in [-0.2, -0.15) is 0 Å². The second-order valence-corrected chi connectivity index (χ2v) is 4.81. The lowest BCUT2D eigenvalue weighted by Gasteiger charge is -2.05. The smallest absolute Gasteiger partial charge is 0.138 e. The van der Waals surface area contributed by atoms with Crippen molar-refractivity contribution in [3.8, 4) is 5.75 Å². The Morgan fingerprint density at radius 1 is 1.15 bits per heavy atom. The number of benzene rings is 1. The van der Waals surface area contributed by atoms with Crippen LogP contribution >= 0.6 is 0 Å². The minimum Gasteiger partial charge on any atom is -0.494 e. The second kappa shape index (κ2) is 7.43. The first-order valence-corrected chi connectivity index (χ1v) is 6.85. The van der Waals surface area contributed by atoms with Crippen LogP contribution in [0.2, 0.25) is 0 Å². The first-order chi connectivity index (χ1) is 9.74. The number of ketones is 1. The molecule has 0 atom stereocenters. The quantitative estimate of drug-likeness (QED) is 0.723. The lowest BCUT2D eigenvalue weighted by atomic mass is 10.1. The molecule has 3 heteroatoms. The Morgan fingerprint density at radius 2 is 1.95 bits per heavy atom. The topological polar surface area (TPSA) is 39.2 Å². The zero-order valence-electron chi connectivity index (χ0n) is 11.7. The molecule has 1 aromatic heterocycles. The number of rotatable bonds is 7. The predicted molar refractivity (Wildman–Crippen MR) is 78.9 cm³/mol. The standard InChI is InChI=1S/C17H19NO2/c1-14-9-10-15(18-13-14)12-16(19)6-5-11-20-17-7-3-2-4-8-17/h2-4,7-10,13H,5-6,11-12H2,1H3. The molecule has 0 N–H and O–H groups in total. The van der Waals surface area contributed by atoms with Crippen LogP contribution in [0.5, 0.6) is 5.75 Å². The van der Waals surface area contributed by atoms with E-state index in [1.807, 2.05) is 49.4 Å². The highest BCUT2D eigenvalue weighted by molar-refractivity contribution is 5.80. The highest BCUT2D eigenvalue weighted by Crippen LogP contribution is 2.09. The molecule has 2 rings (SSSR count). The molecular formula is C17H19NO2. The number of para-hydroxylation sites is 1. The van der Waals surface area contributed by atoms with E-state index in [0.29, 0.717) is 19.4 Å². The summed E-state index contributed by atoms with van der Waals surface area (Å²) in [6.07, 6.45) is 3.47. The van der Waals surface area contributed by atoms with E-state index in [0.717, 1.165) is 23.4 Å². The van der Waals surface area contributed by atoms with Gasteiger partial charge in [0.25, 0.3) is 0 Å². The fraction of sp³-hybridized carbons (Fsp3) is 0.294. The maximum Gasteiger partial charge on any atom is 0.138 e.